The number of hydrogen-bond donors (Lipinski definition) is 1. The lowest BCUT2D eigenvalue weighted by atomic mass is 9.91. The summed E-state index contributed by atoms with van der Waals surface area (Å²) in [5, 5.41) is 10.6. The minimum absolute atomic E-state index is 0.0515. The smallest absolute Gasteiger partial charge is 0.227 e. The topological polar surface area (TPSA) is 68.6 Å². The van der Waals surface area contributed by atoms with E-state index in [0.717, 1.165) is 22.7 Å². The Bertz CT molecular complexity index is 1430. The Morgan fingerprint density at radius 1 is 1.19 bits per heavy atom. The predicted molar refractivity (Wildman–Crippen MR) is 114 cm³/mol. The van der Waals surface area contributed by atoms with Gasteiger partial charge in [0.15, 0.2) is 23.1 Å². The highest BCUT2D eigenvalue weighted by molar-refractivity contribution is 6.31. The molecular formula is C23H15ClF3N5. The number of fused-ring (bicyclic) bond motifs is 3. The maximum atomic E-state index is 15.2. The summed E-state index contributed by atoms with van der Waals surface area (Å²) in [5.41, 5.74) is 2.21. The molecule has 0 fully saturated rings. The second-order valence-electron chi connectivity index (χ2n) is 7.63. The van der Waals surface area contributed by atoms with Crippen LogP contribution in [0.2, 0.25) is 5.02 Å². The Morgan fingerprint density at radius 3 is 2.78 bits per heavy atom. The molecule has 2 aromatic carbocycles. The molecule has 0 aliphatic carbocycles. The number of nitrogens with zero attached hydrogens (tertiary/aromatic N) is 4. The first kappa shape index (κ1) is 20.3. The number of halogens is 4. The van der Waals surface area contributed by atoms with Crippen molar-refractivity contribution < 1.29 is 13.2 Å². The molecule has 32 heavy (non-hydrogen) atoms. The number of aromatic nitrogens is 3. The zero-order valence-electron chi connectivity index (χ0n) is 16.8. The van der Waals surface area contributed by atoms with Gasteiger partial charge in [0.2, 0.25) is 5.95 Å². The number of aromatic amines is 1. The van der Waals surface area contributed by atoms with Crippen LogP contribution in [0, 0.1) is 35.7 Å². The van der Waals surface area contributed by atoms with Crippen molar-refractivity contribution in [1.29, 1.82) is 5.26 Å². The molecule has 0 saturated carbocycles. The van der Waals surface area contributed by atoms with Gasteiger partial charge in [-0.3, -0.25) is 0 Å². The quantitative estimate of drug-likeness (QED) is 0.443. The number of nitrogens with one attached hydrogen (secondary N) is 1. The number of benzene rings is 2. The Hall–Kier alpha value is -3.57. The lowest BCUT2D eigenvalue weighted by Crippen LogP contribution is -2.38. The van der Waals surface area contributed by atoms with E-state index in [0.29, 0.717) is 23.7 Å². The SMILES string of the molecule is Cc1ccc(C2c3[nH]c4ccc(Cl)cc4c3CCN2c2ncc(F)c(C#N)n2)c(F)c1F. The summed E-state index contributed by atoms with van der Waals surface area (Å²) < 4.78 is 43.5. The Morgan fingerprint density at radius 2 is 2.00 bits per heavy atom. The van der Waals surface area contributed by atoms with Crippen molar-refractivity contribution in [1.82, 2.24) is 15.0 Å². The summed E-state index contributed by atoms with van der Waals surface area (Å²) in [6.07, 6.45) is 1.44. The van der Waals surface area contributed by atoms with Gasteiger partial charge in [0.25, 0.3) is 0 Å². The number of anilines is 1. The van der Waals surface area contributed by atoms with E-state index >= 15 is 4.39 Å². The highest BCUT2D eigenvalue weighted by Gasteiger charge is 2.36. The van der Waals surface area contributed by atoms with Gasteiger partial charge < -0.3 is 9.88 Å². The fourth-order valence-corrected chi connectivity index (χ4v) is 4.42. The lowest BCUT2D eigenvalue weighted by Gasteiger charge is -2.36. The van der Waals surface area contributed by atoms with E-state index in [1.54, 1.807) is 17.0 Å². The van der Waals surface area contributed by atoms with Gasteiger partial charge in [-0.25, -0.2) is 18.2 Å². The van der Waals surface area contributed by atoms with Gasteiger partial charge in [-0.15, -0.1) is 0 Å². The second-order valence-corrected chi connectivity index (χ2v) is 8.07. The molecule has 5 rings (SSSR count). The first-order chi connectivity index (χ1) is 15.4. The van der Waals surface area contributed by atoms with E-state index in [-0.39, 0.29) is 17.1 Å². The third-order valence-electron chi connectivity index (χ3n) is 5.78. The van der Waals surface area contributed by atoms with Gasteiger partial charge in [0.1, 0.15) is 12.1 Å². The molecule has 0 bridgehead atoms. The molecule has 2 aromatic heterocycles. The van der Waals surface area contributed by atoms with Crippen LogP contribution in [0.25, 0.3) is 10.9 Å². The fraction of sp³-hybridized carbons (Fsp3) is 0.174. The van der Waals surface area contributed by atoms with Crippen LogP contribution in [-0.4, -0.2) is 21.5 Å². The minimum atomic E-state index is -0.979. The van der Waals surface area contributed by atoms with Crippen molar-refractivity contribution in [3.63, 3.8) is 0 Å². The highest BCUT2D eigenvalue weighted by atomic mass is 35.5. The molecule has 5 nitrogen and oxygen atoms in total. The summed E-state index contributed by atoms with van der Waals surface area (Å²) in [6.45, 7) is 1.82. The third-order valence-corrected chi connectivity index (χ3v) is 6.02. The average Bonchev–Trinajstić information content (AvgIpc) is 3.15. The van der Waals surface area contributed by atoms with E-state index in [2.05, 4.69) is 15.0 Å². The molecule has 0 spiro atoms. The highest BCUT2D eigenvalue weighted by Crippen LogP contribution is 2.41. The van der Waals surface area contributed by atoms with Crippen LogP contribution in [0.1, 0.15) is 34.1 Å². The van der Waals surface area contributed by atoms with Gasteiger partial charge in [0.05, 0.1) is 6.20 Å². The van der Waals surface area contributed by atoms with Crippen LogP contribution in [0.15, 0.2) is 36.5 Å². The van der Waals surface area contributed by atoms with Crippen LogP contribution in [0.3, 0.4) is 0 Å². The standard InChI is InChI=1S/C23H15ClF3N5/c1-11-2-4-14(20(27)19(11)26)22-21-13(15-8-12(24)3-5-17(15)30-21)6-7-32(22)23-29-10-16(25)18(9-28)31-23/h2-5,8,10,22,30H,6-7H2,1H3. The lowest BCUT2D eigenvalue weighted by molar-refractivity contribution is 0.480. The zero-order valence-corrected chi connectivity index (χ0v) is 17.5. The van der Waals surface area contributed by atoms with Crippen LogP contribution in [0.4, 0.5) is 19.1 Å². The van der Waals surface area contributed by atoms with E-state index in [4.69, 9.17) is 11.6 Å². The number of aryl methyl sites for hydroxylation is 1. The van der Waals surface area contributed by atoms with Crippen LogP contribution >= 0.6 is 11.6 Å². The van der Waals surface area contributed by atoms with Crippen LogP contribution in [0.5, 0.6) is 0 Å². The van der Waals surface area contributed by atoms with Gasteiger partial charge in [-0.1, -0.05) is 23.7 Å². The number of H-pyrrole nitrogens is 1. The summed E-state index contributed by atoms with van der Waals surface area (Å²) >= 11 is 6.19. The van der Waals surface area contributed by atoms with Gasteiger partial charge in [-0.05, 0) is 42.7 Å². The largest absolute Gasteiger partial charge is 0.356 e. The molecule has 0 saturated heterocycles. The van der Waals surface area contributed by atoms with E-state index in [1.807, 2.05) is 12.1 Å². The molecule has 0 amide bonds. The monoisotopic (exact) mass is 453 g/mol. The molecular weight excluding hydrogens is 439 g/mol. The maximum Gasteiger partial charge on any atom is 0.227 e. The maximum absolute atomic E-state index is 15.2. The summed E-state index contributed by atoms with van der Waals surface area (Å²) in [4.78, 5) is 13.0. The molecule has 3 heterocycles. The Kier molecular flexibility index (Phi) is 4.79. The van der Waals surface area contributed by atoms with Crippen molar-refractivity contribution in [2.45, 2.75) is 19.4 Å². The molecule has 1 atom stereocenters. The molecule has 9 heteroatoms. The molecule has 4 aromatic rings. The van der Waals surface area contributed by atoms with E-state index in [9.17, 15) is 14.0 Å². The molecule has 160 valence electrons. The molecule has 0 radical (unpaired) electrons. The fourth-order valence-electron chi connectivity index (χ4n) is 4.25. The normalized spacial score (nSPS) is 15.6. The van der Waals surface area contributed by atoms with E-state index in [1.165, 1.54) is 19.1 Å². The van der Waals surface area contributed by atoms with E-state index < -0.39 is 29.2 Å². The summed E-state index contributed by atoms with van der Waals surface area (Å²) in [7, 11) is 0. The molecule has 1 unspecified atom stereocenters. The molecule has 1 aliphatic heterocycles. The Balaban J connectivity index is 1.76. The van der Waals surface area contributed by atoms with Crippen molar-refractivity contribution in [2.24, 2.45) is 0 Å². The van der Waals surface area contributed by atoms with Gasteiger partial charge >= 0.3 is 0 Å². The summed E-state index contributed by atoms with van der Waals surface area (Å²) in [6, 6.07) is 9.29. The molecule has 1 aliphatic rings. The number of rotatable bonds is 2. The Labute approximate surface area is 186 Å². The third kappa shape index (κ3) is 3.09. The van der Waals surface area contributed by atoms with Crippen molar-refractivity contribution in [2.75, 3.05) is 11.4 Å². The molecule has 1 N–H and O–H groups in total. The summed E-state index contributed by atoms with van der Waals surface area (Å²) in [5.74, 6) is -2.72. The van der Waals surface area contributed by atoms with Crippen LogP contribution in [-0.2, 0) is 6.42 Å². The minimum Gasteiger partial charge on any atom is -0.356 e. The van der Waals surface area contributed by atoms with Crippen molar-refractivity contribution in [3.8, 4) is 6.07 Å². The second kappa shape index (κ2) is 7.53. The first-order valence-corrected chi connectivity index (χ1v) is 10.2. The number of nitriles is 1. The van der Waals surface area contributed by atoms with Gasteiger partial charge in [-0.2, -0.15) is 10.2 Å². The van der Waals surface area contributed by atoms with Crippen molar-refractivity contribution in [3.05, 3.63) is 87.1 Å². The zero-order chi connectivity index (χ0) is 22.6. The number of hydrogen-bond acceptors (Lipinski definition) is 4. The average molecular weight is 454 g/mol. The van der Waals surface area contributed by atoms with Crippen LogP contribution < -0.4 is 4.90 Å². The van der Waals surface area contributed by atoms with Gasteiger partial charge in [0, 0.05) is 33.7 Å². The predicted octanol–water partition coefficient (Wildman–Crippen LogP) is 5.36. The van der Waals surface area contributed by atoms with Crippen molar-refractivity contribution >= 4 is 28.5 Å². The first-order valence-electron chi connectivity index (χ1n) is 9.82.